The molecule has 4 nitrogen and oxygen atoms in total. The van der Waals surface area contributed by atoms with Crippen molar-refractivity contribution in [2.24, 2.45) is 28.7 Å². The average molecular weight is 391 g/mol. The monoisotopic (exact) mass is 390 g/mol. The number of rotatable bonds is 3. The summed E-state index contributed by atoms with van der Waals surface area (Å²) < 4.78 is 5.67. The molecule has 4 aliphatic carbocycles. The molecule has 7 atom stereocenters. The maximum absolute atomic E-state index is 10.4. The summed E-state index contributed by atoms with van der Waals surface area (Å²) in [7, 11) is 1.73. The van der Waals surface area contributed by atoms with Gasteiger partial charge in [0.15, 0.2) is 0 Å². The Morgan fingerprint density at radius 2 is 1.83 bits per heavy atom. The van der Waals surface area contributed by atoms with Crippen LogP contribution >= 0.6 is 0 Å². The molecule has 1 heterocycles. The highest BCUT2D eigenvalue weighted by atomic mass is 16.5. The van der Waals surface area contributed by atoms with Gasteiger partial charge in [0.25, 0.3) is 0 Å². The number of nitrogens with one attached hydrogen (secondary N) is 1. The fourth-order valence-corrected chi connectivity index (χ4v) is 5.38. The zero-order valence-electron chi connectivity index (χ0n) is 16.9. The Morgan fingerprint density at radius 1 is 1.03 bits per heavy atom. The summed E-state index contributed by atoms with van der Waals surface area (Å²) in [5.74, 6) is 2.71. The maximum atomic E-state index is 10.4. The second kappa shape index (κ2) is 7.92. The van der Waals surface area contributed by atoms with Crippen LogP contribution in [0.5, 0.6) is 0 Å². The Kier molecular flexibility index (Phi) is 5.15. The molecule has 0 aromatic carbocycles. The standard InChI is InChI=1S/C25H30N2O2/c1-29-24-15-22(26-25(27-24)21-8-4-5-9-23(21)28)19-11-10-18-12-16-6-2-3-7-17(16)13-20(18)14-19/h2-9,11,14,16-18,21-24,28H,10,12-13,15H2,1H3,(H,26,27). The molecule has 0 saturated heterocycles. The number of hydrogen-bond acceptors (Lipinski definition) is 4. The molecule has 0 aromatic rings. The van der Waals surface area contributed by atoms with Crippen LogP contribution in [0.15, 0.2) is 76.9 Å². The van der Waals surface area contributed by atoms with Crippen LogP contribution < -0.4 is 5.32 Å². The lowest BCUT2D eigenvalue weighted by molar-refractivity contribution is 0.0727. The van der Waals surface area contributed by atoms with E-state index in [0.717, 1.165) is 25.1 Å². The molecule has 4 heteroatoms. The van der Waals surface area contributed by atoms with Gasteiger partial charge in [-0.25, -0.2) is 0 Å². The molecule has 152 valence electrons. The van der Waals surface area contributed by atoms with Crippen LogP contribution in [-0.2, 0) is 4.74 Å². The van der Waals surface area contributed by atoms with Gasteiger partial charge in [0.2, 0.25) is 0 Å². The number of methoxy groups -OCH3 is 1. The number of ether oxygens (including phenoxy) is 1. The Bertz CT molecular complexity index is 860. The predicted octanol–water partition coefficient (Wildman–Crippen LogP) is 3.85. The van der Waals surface area contributed by atoms with E-state index in [9.17, 15) is 5.11 Å². The van der Waals surface area contributed by atoms with Gasteiger partial charge in [0.1, 0.15) is 12.1 Å². The lowest BCUT2D eigenvalue weighted by Gasteiger charge is -2.39. The number of aliphatic hydroxyl groups excluding tert-OH is 1. The normalized spacial score (nSPS) is 40.3. The summed E-state index contributed by atoms with van der Waals surface area (Å²) in [5, 5.41) is 13.8. The zero-order valence-corrected chi connectivity index (χ0v) is 16.9. The van der Waals surface area contributed by atoms with Gasteiger partial charge in [0.05, 0.1) is 18.1 Å². The van der Waals surface area contributed by atoms with E-state index in [1.165, 1.54) is 12.0 Å². The van der Waals surface area contributed by atoms with Crippen molar-refractivity contribution in [2.45, 2.75) is 44.1 Å². The minimum atomic E-state index is -0.549. The molecule has 1 fully saturated rings. The summed E-state index contributed by atoms with van der Waals surface area (Å²) in [4.78, 5) is 5.04. The third-order valence-corrected chi connectivity index (χ3v) is 7.05. The Hall–Kier alpha value is -2.17. The van der Waals surface area contributed by atoms with Crippen LogP contribution in [0, 0.1) is 23.7 Å². The van der Waals surface area contributed by atoms with Crippen molar-refractivity contribution in [3.8, 4) is 0 Å². The topological polar surface area (TPSA) is 53.9 Å². The lowest BCUT2D eigenvalue weighted by atomic mass is 9.67. The van der Waals surface area contributed by atoms with Gasteiger partial charge in [0, 0.05) is 13.5 Å². The first kappa shape index (κ1) is 18.8. The molecule has 0 radical (unpaired) electrons. The second-order valence-electron chi connectivity index (χ2n) is 8.81. The number of aliphatic hydroxyl groups is 1. The minimum absolute atomic E-state index is 0.0793. The highest BCUT2D eigenvalue weighted by Crippen LogP contribution is 2.45. The molecule has 0 bridgehead atoms. The van der Waals surface area contributed by atoms with Crippen molar-refractivity contribution in [3.05, 3.63) is 71.9 Å². The first-order valence-electron chi connectivity index (χ1n) is 10.9. The van der Waals surface area contributed by atoms with Gasteiger partial charge in [-0.05, 0) is 42.6 Å². The van der Waals surface area contributed by atoms with E-state index in [4.69, 9.17) is 9.73 Å². The molecule has 5 aliphatic rings. The Balaban J connectivity index is 1.39. The SMILES string of the molecule is COC1CC(C2=CCC3CC4C=CC=CC4CC3=C2)N=C(C2C=CC=CC2O)N1. The highest BCUT2D eigenvalue weighted by molar-refractivity contribution is 5.88. The van der Waals surface area contributed by atoms with Gasteiger partial charge in [-0.3, -0.25) is 4.99 Å². The summed E-state index contributed by atoms with van der Waals surface area (Å²) in [6.07, 6.45) is 25.4. The summed E-state index contributed by atoms with van der Waals surface area (Å²) in [5.41, 5.74) is 2.91. The van der Waals surface area contributed by atoms with Gasteiger partial charge in [-0.2, -0.15) is 0 Å². The largest absolute Gasteiger partial charge is 0.388 e. The lowest BCUT2D eigenvalue weighted by Crippen LogP contribution is -2.48. The van der Waals surface area contributed by atoms with E-state index in [-0.39, 0.29) is 18.2 Å². The summed E-state index contributed by atoms with van der Waals surface area (Å²) in [6, 6.07) is 0.0793. The second-order valence-corrected chi connectivity index (χ2v) is 8.81. The highest BCUT2D eigenvalue weighted by Gasteiger charge is 2.35. The smallest absolute Gasteiger partial charge is 0.130 e. The molecule has 1 saturated carbocycles. The fraction of sp³-hybridized carbons (Fsp3) is 0.480. The maximum Gasteiger partial charge on any atom is 0.130 e. The van der Waals surface area contributed by atoms with Crippen molar-refractivity contribution in [3.63, 3.8) is 0 Å². The van der Waals surface area contributed by atoms with E-state index in [0.29, 0.717) is 17.8 Å². The first-order chi connectivity index (χ1) is 14.2. The predicted molar refractivity (Wildman–Crippen MR) is 116 cm³/mol. The van der Waals surface area contributed by atoms with E-state index >= 15 is 0 Å². The van der Waals surface area contributed by atoms with Gasteiger partial charge in [-0.1, -0.05) is 66.3 Å². The number of amidine groups is 1. The molecule has 5 rings (SSSR count). The van der Waals surface area contributed by atoms with Crippen molar-refractivity contribution in [2.75, 3.05) is 7.11 Å². The van der Waals surface area contributed by atoms with E-state index in [1.807, 2.05) is 24.3 Å². The van der Waals surface area contributed by atoms with Gasteiger partial charge >= 0.3 is 0 Å². The number of allylic oxidation sites excluding steroid dienone is 8. The molecule has 7 unspecified atom stereocenters. The van der Waals surface area contributed by atoms with Crippen LogP contribution in [0.3, 0.4) is 0 Å². The Labute approximate surface area is 173 Å². The number of aliphatic imine (C=N–C) groups is 1. The van der Waals surface area contributed by atoms with Crippen molar-refractivity contribution < 1.29 is 9.84 Å². The number of hydrogen-bond donors (Lipinski definition) is 2. The van der Waals surface area contributed by atoms with E-state index in [2.05, 4.69) is 41.8 Å². The van der Waals surface area contributed by atoms with Crippen LogP contribution in [0.4, 0.5) is 0 Å². The minimum Gasteiger partial charge on any atom is -0.388 e. The quantitative estimate of drug-likeness (QED) is 0.770. The van der Waals surface area contributed by atoms with E-state index < -0.39 is 6.10 Å². The fourth-order valence-electron chi connectivity index (χ4n) is 5.38. The molecular formula is C25H30N2O2. The van der Waals surface area contributed by atoms with E-state index in [1.54, 1.807) is 12.7 Å². The number of fused-ring (bicyclic) bond motifs is 2. The van der Waals surface area contributed by atoms with Crippen molar-refractivity contribution in [1.29, 1.82) is 0 Å². The average Bonchev–Trinajstić information content (AvgIpc) is 2.77. The molecule has 1 aliphatic heterocycles. The Morgan fingerprint density at radius 3 is 2.66 bits per heavy atom. The first-order valence-corrected chi connectivity index (χ1v) is 10.9. The molecule has 0 amide bonds. The third-order valence-electron chi connectivity index (χ3n) is 7.05. The molecule has 2 N–H and O–H groups in total. The van der Waals surface area contributed by atoms with Crippen LogP contribution in [0.1, 0.15) is 25.7 Å². The van der Waals surface area contributed by atoms with Crippen LogP contribution in [0.25, 0.3) is 0 Å². The molecule has 0 aromatic heterocycles. The van der Waals surface area contributed by atoms with Gasteiger partial charge < -0.3 is 15.2 Å². The molecule has 0 spiro atoms. The van der Waals surface area contributed by atoms with Gasteiger partial charge in [-0.15, -0.1) is 0 Å². The van der Waals surface area contributed by atoms with Crippen LogP contribution in [0.2, 0.25) is 0 Å². The summed E-state index contributed by atoms with van der Waals surface area (Å²) >= 11 is 0. The zero-order chi connectivity index (χ0) is 19.8. The molecular weight excluding hydrogens is 360 g/mol. The summed E-state index contributed by atoms with van der Waals surface area (Å²) in [6.45, 7) is 0. The van der Waals surface area contributed by atoms with Crippen LogP contribution in [-0.4, -0.2) is 36.4 Å². The van der Waals surface area contributed by atoms with Crippen molar-refractivity contribution >= 4 is 5.84 Å². The third kappa shape index (κ3) is 3.72. The molecule has 29 heavy (non-hydrogen) atoms. The van der Waals surface area contributed by atoms with Crippen molar-refractivity contribution in [1.82, 2.24) is 5.32 Å². The number of nitrogens with zero attached hydrogens (tertiary/aromatic N) is 1.